The Bertz CT molecular complexity index is 1250. The van der Waals surface area contributed by atoms with E-state index >= 15 is 0 Å². The summed E-state index contributed by atoms with van der Waals surface area (Å²) in [5.41, 5.74) is 2.19. The van der Waals surface area contributed by atoms with Gasteiger partial charge in [0.25, 0.3) is 5.56 Å². The number of fused-ring (bicyclic) bond motifs is 1. The van der Waals surface area contributed by atoms with E-state index in [4.69, 9.17) is 9.15 Å². The number of halogens is 1. The molecule has 29 heavy (non-hydrogen) atoms. The summed E-state index contributed by atoms with van der Waals surface area (Å²) in [6.45, 7) is 1.49. The smallest absolute Gasteiger partial charge is 0.326 e. The summed E-state index contributed by atoms with van der Waals surface area (Å²) in [7, 11) is 0. The Kier molecular flexibility index (Phi) is 4.90. The van der Waals surface area contributed by atoms with Crippen molar-refractivity contribution in [2.24, 2.45) is 0 Å². The first-order chi connectivity index (χ1) is 14.0. The number of esters is 1. The highest BCUT2D eigenvalue weighted by Crippen LogP contribution is 2.19. The maximum Gasteiger partial charge on any atom is 0.326 e. The molecule has 0 atom stereocenters. The van der Waals surface area contributed by atoms with E-state index in [9.17, 15) is 14.0 Å². The molecule has 0 fully saturated rings. The van der Waals surface area contributed by atoms with Gasteiger partial charge < -0.3 is 9.15 Å². The van der Waals surface area contributed by atoms with Crippen molar-refractivity contribution in [1.82, 2.24) is 14.5 Å². The van der Waals surface area contributed by atoms with Gasteiger partial charge in [0, 0.05) is 5.56 Å². The number of nitrogens with zero attached hydrogens (tertiary/aromatic N) is 3. The number of carbonyl (C=O) groups excluding carboxylic acids is 1. The first-order valence-electron chi connectivity index (χ1n) is 8.82. The SMILES string of the molecule is Cc1cccc2c(=O)n(CC(=O)OCc3coc(-c4ccc(F)cc4)n3)cnc12. The highest BCUT2D eigenvalue weighted by molar-refractivity contribution is 5.80. The van der Waals surface area contributed by atoms with Gasteiger partial charge in [0.05, 0.1) is 17.2 Å². The molecule has 0 bridgehead atoms. The number of aromatic nitrogens is 3. The zero-order chi connectivity index (χ0) is 20.4. The molecule has 4 aromatic rings. The summed E-state index contributed by atoms with van der Waals surface area (Å²) in [6.07, 6.45) is 2.69. The first-order valence-corrected chi connectivity index (χ1v) is 8.82. The minimum absolute atomic E-state index is 0.113. The van der Waals surface area contributed by atoms with Crippen molar-refractivity contribution in [3.05, 3.63) is 82.5 Å². The molecule has 0 radical (unpaired) electrons. The predicted octanol–water partition coefficient (Wildman–Crippen LogP) is 3.24. The molecule has 2 aromatic heterocycles. The highest BCUT2D eigenvalue weighted by atomic mass is 19.1. The lowest BCUT2D eigenvalue weighted by Gasteiger charge is -2.07. The number of ether oxygens (including phenoxy) is 1. The van der Waals surface area contributed by atoms with Gasteiger partial charge in [-0.3, -0.25) is 14.2 Å². The Morgan fingerprint density at radius 1 is 1.21 bits per heavy atom. The van der Waals surface area contributed by atoms with Gasteiger partial charge >= 0.3 is 5.97 Å². The van der Waals surface area contributed by atoms with Crippen LogP contribution in [0.4, 0.5) is 4.39 Å². The molecule has 0 unspecified atom stereocenters. The van der Waals surface area contributed by atoms with Gasteiger partial charge in [-0.25, -0.2) is 14.4 Å². The fraction of sp³-hybridized carbons (Fsp3) is 0.143. The van der Waals surface area contributed by atoms with Crippen molar-refractivity contribution < 1.29 is 18.3 Å². The van der Waals surface area contributed by atoms with Crippen LogP contribution in [0.25, 0.3) is 22.4 Å². The van der Waals surface area contributed by atoms with E-state index in [-0.39, 0.29) is 24.5 Å². The summed E-state index contributed by atoms with van der Waals surface area (Å²) in [6, 6.07) is 11.0. The minimum Gasteiger partial charge on any atom is -0.458 e. The third-order valence-corrected chi connectivity index (χ3v) is 4.38. The quantitative estimate of drug-likeness (QED) is 0.484. The molecule has 0 saturated carbocycles. The maximum atomic E-state index is 13.0. The van der Waals surface area contributed by atoms with Crippen molar-refractivity contribution in [2.45, 2.75) is 20.1 Å². The van der Waals surface area contributed by atoms with Crippen LogP contribution >= 0.6 is 0 Å². The Balaban J connectivity index is 1.42. The first kappa shape index (κ1) is 18.5. The minimum atomic E-state index is -0.604. The molecule has 2 heterocycles. The average Bonchev–Trinajstić information content (AvgIpc) is 3.19. The van der Waals surface area contributed by atoms with Crippen molar-refractivity contribution in [2.75, 3.05) is 0 Å². The number of aryl methyl sites for hydroxylation is 1. The molecule has 8 heteroatoms. The lowest BCUT2D eigenvalue weighted by Crippen LogP contribution is -2.25. The highest BCUT2D eigenvalue weighted by Gasteiger charge is 2.12. The molecule has 0 aliphatic heterocycles. The second kappa shape index (κ2) is 7.67. The number of hydrogen-bond donors (Lipinski definition) is 0. The number of hydrogen-bond acceptors (Lipinski definition) is 6. The predicted molar refractivity (Wildman–Crippen MR) is 102 cm³/mol. The van der Waals surface area contributed by atoms with E-state index in [0.717, 1.165) is 5.56 Å². The molecule has 0 spiro atoms. The van der Waals surface area contributed by atoms with Crippen LogP contribution in [0.5, 0.6) is 0 Å². The Hall–Kier alpha value is -3.81. The Morgan fingerprint density at radius 3 is 2.79 bits per heavy atom. The number of benzene rings is 2. The van der Waals surface area contributed by atoms with Crippen LogP contribution in [-0.2, 0) is 22.7 Å². The molecule has 0 saturated heterocycles. The fourth-order valence-corrected chi connectivity index (χ4v) is 2.89. The van der Waals surface area contributed by atoms with E-state index in [1.165, 1.54) is 41.4 Å². The largest absolute Gasteiger partial charge is 0.458 e. The molecule has 0 aliphatic carbocycles. The lowest BCUT2D eigenvalue weighted by atomic mass is 10.1. The Labute approximate surface area is 164 Å². The van der Waals surface area contributed by atoms with E-state index in [1.54, 1.807) is 12.1 Å². The third-order valence-electron chi connectivity index (χ3n) is 4.38. The van der Waals surface area contributed by atoms with Gasteiger partial charge in [-0.1, -0.05) is 12.1 Å². The number of para-hydroxylation sites is 1. The van der Waals surface area contributed by atoms with E-state index < -0.39 is 5.97 Å². The van der Waals surface area contributed by atoms with Crippen LogP contribution in [0, 0.1) is 12.7 Å². The fourth-order valence-electron chi connectivity index (χ4n) is 2.89. The molecular formula is C21H16FN3O4. The molecule has 7 nitrogen and oxygen atoms in total. The van der Waals surface area contributed by atoms with Crippen molar-refractivity contribution in [3.63, 3.8) is 0 Å². The van der Waals surface area contributed by atoms with Crippen LogP contribution in [0.2, 0.25) is 0 Å². The molecular weight excluding hydrogens is 377 g/mol. The standard InChI is InChI=1S/C21H16FN3O4/c1-13-3-2-4-17-19(13)23-12-25(21(17)27)9-18(26)28-10-16-11-29-20(24-16)14-5-7-15(22)8-6-14/h2-8,11-12H,9-10H2,1H3. The third kappa shape index (κ3) is 3.91. The van der Waals surface area contributed by atoms with Crippen LogP contribution in [0.3, 0.4) is 0 Å². The zero-order valence-corrected chi connectivity index (χ0v) is 15.5. The maximum absolute atomic E-state index is 13.0. The van der Waals surface area contributed by atoms with Crippen molar-refractivity contribution in [1.29, 1.82) is 0 Å². The topological polar surface area (TPSA) is 87.2 Å². The number of carbonyl (C=O) groups is 1. The number of oxazole rings is 1. The van der Waals surface area contributed by atoms with E-state index in [2.05, 4.69) is 9.97 Å². The monoisotopic (exact) mass is 393 g/mol. The molecule has 0 aliphatic rings. The van der Waals surface area contributed by atoms with E-state index in [0.29, 0.717) is 28.1 Å². The second-order valence-corrected chi connectivity index (χ2v) is 6.46. The van der Waals surface area contributed by atoms with Gasteiger partial charge in [0.2, 0.25) is 5.89 Å². The summed E-state index contributed by atoms with van der Waals surface area (Å²) < 4.78 is 24.7. The zero-order valence-electron chi connectivity index (χ0n) is 15.5. The van der Waals surface area contributed by atoms with Crippen molar-refractivity contribution in [3.8, 4) is 11.5 Å². The van der Waals surface area contributed by atoms with Gasteiger partial charge in [0.15, 0.2) is 0 Å². The molecule has 4 rings (SSSR count). The normalized spacial score (nSPS) is 11.0. The van der Waals surface area contributed by atoms with Gasteiger partial charge in [-0.05, 0) is 42.8 Å². The van der Waals surface area contributed by atoms with Crippen LogP contribution in [0.1, 0.15) is 11.3 Å². The lowest BCUT2D eigenvalue weighted by molar-refractivity contribution is -0.145. The van der Waals surface area contributed by atoms with Gasteiger partial charge in [-0.2, -0.15) is 0 Å². The second-order valence-electron chi connectivity index (χ2n) is 6.46. The summed E-state index contributed by atoms with van der Waals surface area (Å²) in [5, 5.41) is 0.445. The summed E-state index contributed by atoms with van der Waals surface area (Å²) in [5.74, 6) is -0.670. The van der Waals surface area contributed by atoms with Crippen LogP contribution in [0.15, 0.2) is 64.3 Å². The van der Waals surface area contributed by atoms with E-state index in [1.807, 2.05) is 13.0 Å². The van der Waals surface area contributed by atoms with Crippen molar-refractivity contribution >= 4 is 16.9 Å². The average molecular weight is 393 g/mol. The summed E-state index contributed by atoms with van der Waals surface area (Å²) >= 11 is 0. The molecule has 0 amide bonds. The van der Waals surface area contributed by atoms with Gasteiger partial charge in [-0.15, -0.1) is 0 Å². The van der Waals surface area contributed by atoms with Gasteiger partial charge in [0.1, 0.15) is 30.9 Å². The molecule has 0 N–H and O–H groups in total. The van der Waals surface area contributed by atoms with Crippen LogP contribution < -0.4 is 5.56 Å². The van der Waals surface area contributed by atoms with Crippen LogP contribution in [-0.4, -0.2) is 20.5 Å². The number of rotatable bonds is 5. The molecule has 146 valence electrons. The Morgan fingerprint density at radius 2 is 2.00 bits per heavy atom. The summed E-state index contributed by atoms with van der Waals surface area (Å²) in [4.78, 5) is 33.1. The molecule has 2 aromatic carbocycles.